The Hall–Kier alpha value is -3.02. The topological polar surface area (TPSA) is 251 Å². The summed E-state index contributed by atoms with van der Waals surface area (Å²) in [5.41, 5.74) is -2.40. The van der Waals surface area contributed by atoms with Crippen molar-refractivity contribution in [2.75, 3.05) is 13.2 Å². The molecule has 0 saturated carbocycles. The Morgan fingerprint density at radius 3 is 2.03 bits per heavy atom. The van der Waals surface area contributed by atoms with Crippen LogP contribution in [-0.4, -0.2) is 114 Å². The zero-order valence-corrected chi connectivity index (χ0v) is 17.8. The molecule has 0 aliphatic carbocycles. The van der Waals surface area contributed by atoms with Crippen molar-refractivity contribution < 1.29 is 54.8 Å². The number of nitrogens with zero attached hydrogens (tertiary/aromatic N) is 1. The van der Waals surface area contributed by atoms with Crippen LogP contribution in [0.5, 0.6) is 5.88 Å². The van der Waals surface area contributed by atoms with Crippen LogP contribution in [0.4, 0.5) is 5.69 Å². The van der Waals surface area contributed by atoms with Gasteiger partial charge in [-0.05, 0) is 12.1 Å². The molecule has 15 nitrogen and oxygen atoms in total. The first-order chi connectivity index (χ1) is 16.5. The predicted molar refractivity (Wildman–Crippen MR) is 112 cm³/mol. The lowest BCUT2D eigenvalue weighted by atomic mass is 9.92. The number of aliphatic hydroxyl groups is 6. The molecule has 8 atom stereocenters. The van der Waals surface area contributed by atoms with Crippen molar-refractivity contribution in [1.29, 1.82) is 0 Å². The Bertz CT molecular complexity index is 1150. The fourth-order valence-electron chi connectivity index (χ4n) is 3.93. The van der Waals surface area contributed by atoms with Gasteiger partial charge in [-0.25, -0.2) is 4.99 Å². The van der Waals surface area contributed by atoms with Crippen LogP contribution in [0.2, 0.25) is 0 Å². The number of aliphatic imine (C=N–C) groups is 1. The maximum Gasteiger partial charge on any atom is 0.276 e. The van der Waals surface area contributed by atoms with Crippen LogP contribution in [0.1, 0.15) is 11.7 Å². The number of rotatable bonds is 3. The summed E-state index contributed by atoms with van der Waals surface area (Å²) in [6, 6.07) is 0.989. The molecule has 0 radical (unpaired) electrons. The van der Waals surface area contributed by atoms with Gasteiger partial charge in [-0.15, -0.1) is 0 Å². The number of ether oxygens (including phenoxy) is 2. The molecule has 3 aliphatic rings. The maximum absolute atomic E-state index is 12.4. The lowest BCUT2D eigenvalue weighted by Crippen LogP contribution is -2.56. The summed E-state index contributed by atoms with van der Waals surface area (Å²) in [5.74, 6) is -2.67. The van der Waals surface area contributed by atoms with E-state index in [-0.39, 0.29) is 17.7 Å². The zero-order chi connectivity index (χ0) is 25.6. The number of aromatic hydroxyl groups is 1. The van der Waals surface area contributed by atoms with Crippen LogP contribution in [0.15, 0.2) is 27.5 Å². The van der Waals surface area contributed by atoms with Gasteiger partial charge in [0.05, 0.1) is 18.8 Å². The fourth-order valence-corrected chi connectivity index (χ4v) is 3.93. The Morgan fingerprint density at radius 2 is 1.40 bits per heavy atom. The Kier molecular flexibility index (Phi) is 6.85. The summed E-state index contributed by atoms with van der Waals surface area (Å²) in [7, 11) is 0. The minimum Gasteiger partial charge on any atom is -0.494 e. The van der Waals surface area contributed by atoms with Gasteiger partial charge >= 0.3 is 0 Å². The molecule has 2 fully saturated rings. The van der Waals surface area contributed by atoms with E-state index in [9.17, 15) is 50.1 Å². The van der Waals surface area contributed by atoms with E-state index in [1.807, 2.05) is 5.32 Å². The number of hydrogen-bond acceptors (Lipinski definition) is 13. The second kappa shape index (κ2) is 9.56. The van der Waals surface area contributed by atoms with Gasteiger partial charge in [0.25, 0.3) is 17.4 Å². The number of H-pyrrole nitrogens is 1. The van der Waals surface area contributed by atoms with E-state index in [2.05, 4.69) is 9.98 Å². The van der Waals surface area contributed by atoms with Crippen molar-refractivity contribution >= 4 is 23.2 Å². The Morgan fingerprint density at radius 1 is 0.829 bits per heavy atom. The molecule has 0 unspecified atom stereocenters. The van der Waals surface area contributed by atoms with Crippen molar-refractivity contribution in [3.05, 3.63) is 33.6 Å². The van der Waals surface area contributed by atoms with Crippen LogP contribution >= 0.6 is 0 Å². The molecule has 0 aromatic carbocycles. The standard InChI is InChI=1S/C20H23N3O12/c24-9-3-34-15(13(28)11(9)26)5-1-7(19(32)22-17(5)30)21-8-2-6(18(31)23-20(8)33)16-14(29)12(27)10(25)4-35-16/h1-2,9-16,24-29H,3-4H2,(H,22,30,32)(H2,23,31,33)/t9-,10+,11+,12-,13-,14+,15-,16+/m1/s1. The number of imide groups is 1. The first-order valence-corrected chi connectivity index (χ1v) is 10.4. The van der Waals surface area contributed by atoms with E-state index in [4.69, 9.17) is 9.47 Å². The number of aliphatic hydroxyl groups excluding tert-OH is 6. The molecule has 0 bridgehead atoms. The number of hydrogen-bond donors (Lipinski definition) is 9. The van der Waals surface area contributed by atoms with Gasteiger partial charge in [-0.3, -0.25) is 24.7 Å². The van der Waals surface area contributed by atoms with Crippen molar-refractivity contribution in [2.24, 2.45) is 4.99 Å². The van der Waals surface area contributed by atoms with Crippen LogP contribution < -0.4 is 10.9 Å². The SMILES string of the molecule is O=C1NC(=O)C(=Nc2cc([C@@H]3OC[C@H](O)[C@@H](O)[C@@H]3O)c(O)[nH]c2=O)C=C1[C@H]1OC[C@@H](O)[C@H](O)[C@H]1O. The highest BCUT2D eigenvalue weighted by Crippen LogP contribution is 2.34. The molecular formula is C20H23N3O12. The number of pyridine rings is 1. The number of aromatic nitrogens is 1. The summed E-state index contributed by atoms with van der Waals surface area (Å²) >= 11 is 0. The molecule has 0 spiro atoms. The smallest absolute Gasteiger partial charge is 0.276 e. The molecule has 2 saturated heterocycles. The first-order valence-electron chi connectivity index (χ1n) is 10.4. The number of carbonyl (C=O) groups excluding carboxylic acids is 2. The van der Waals surface area contributed by atoms with Gasteiger partial charge in [0, 0.05) is 5.56 Å². The summed E-state index contributed by atoms with van der Waals surface area (Å²) < 4.78 is 10.5. The van der Waals surface area contributed by atoms with Gasteiger partial charge in [0.2, 0.25) is 0 Å². The highest BCUT2D eigenvalue weighted by Gasteiger charge is 2.43. The largest absolute Gasteiger partial charge is 0.494 e. The molecular weight excluding hydrogens is 474 g/mol. The average Bonchev–Trinajstić information content (AvgIpc) is 2.80. The van der Waals surface area contributed by atoms with Crippen LogP contribution in [0, 0.1) is 0 Å². The van der Waals surface area contributed by atoms with Crippen LogP contribution in [0.3, 0.4) is 0 Å². The molecule has 4 heterocycles. The molecule has 4 rings (SSSR count). The highest BCUT2D eigenvalue weighted by molar-refractivity contribution is 6.49. The van der Waals surface area contributed by atoms with Crippen molar-refractivity contribution in [1.82, 2.24) is 10.3 Å². The Labute approximate surface area is 195 Å². The molecule has 3 aliphatic heterocycles. The first kappa shape index (κ1) is 25.1. The van der Waals surface area contributed by atoms with Gasteiger partial charge in [-0.2, -0.15) is 0 Å². The van der Waals surface area contributed by atoms with E-state index >= 15 is 0 Å². The molecule has 1 aromatic heterocycles. The molecule has 190 valence electrons. The third-order valence-electron chi connectivity index (χ3n) is 5.90. The lowest BCUT2D eigenvalue weighted by Gasteiger charge is -2.36. The van der Waals surface area contributed by atoms with Crippen molar-refractivity contribution in [2.45, 2.75) is 48.8 Å². The van der Waals surface area contributed by atoms with Gasteiger partial charge in [0.15, 0.2) is 5.88 Å². The summed E-state index contributed by atoms with van der Waals surface area (Å²) in [6.07, 6.45) is -11.2. The summed E-state index contributed by atoms with van der Waals surface area (Å²) in [5, 5.41) is 71.6. The Balaban J connectivity index is 1.71. The van der Waals surface area contributed by atoms with Crippen LogP contribution in [-0.2, 0) is 19.1 Å². The minimum atomic E-state index is -1.71. The second-order valence-corrected chi connectivity index (χ2v) is 8.27. The van der Waals surface area contributed by atoms with Crippen molar-refractivity contribution in [3.8, 4) is 5.88 Å². The molecule has 15 heteroatoms. The van der Waals surface area contributed by atoms with Gasteiger partial charge in [-0.1, -0.05) is 0 Å². The second-order valence-electron chi connectivity index (χ2n) is 8.27. The van der Waals surface area contributed by atoms with Gasteiger partial charge < -0.3 is 45.2 Å². The van der Waals surface area contributed by atoms with E-state index in [1.54, 1.807) is 0 Å². The normalized spacial score (nSPS) is 37.2. The highest BCUT2D eigenvalue weighted by atomic mass is 16.5. The fraction of sp³-hybridized carbons (Fsp3) is 0.500. The van der Waals surface area contributed by atoms with Gasteiger partial charge in [0.1, 0.15) is 60.2 Å². The monoisotopic (exact) mass is 497 g/mol. The molecule has 9 N–H and O–H groups in total. The number of carbonyl (C=O) groups is 2. The number of amides is 2. The van der Waals surface area contributed by atoms with Crippen LogP contribution in [0.25, 0.3) is 0 Å². The quantitative estimate of drug-likeness (QED) is 0.179. The van der Waals surface area contributed by atoms with Crippen molar-refractivity contribution in [3.63, 3.8) is 0 Å². The average molecular weight is 497 g/mol. The third-order valence-corrected chi connectivity index (χ3v) is 5.90. The van der Waals surface area contributed by atoms with E-state index < -0.39 is 90.1 Å². The van der Waals surface area contributed by atoms with E-state index in [0.717, 1.165) is 12.1 Å². The van der Waals surface area contributed by atoms with E-state index in [0.29, 0.717) is 0 Å². The maximum atomic E-state index is 12.4. The molecule has 1 aromatic rings. The summed E-state index contributed by atoms with van der Waals surface area (Å²) in [6.45, 7) is -0.786. The van der Waals surface area contributed by atoms with E-state index in [1.165, 1.54) is 0 Å². The predicted octanol–water partition coefficient (Wildman–Crippen LogP) is -4.63. The zero-order valence-electron chi connectivity index (χ0n) is 17.8. The minimum absolute atomic E-state index is 0.206. The molecule has 35 heavy (non-hydrogen) atoms. The third kappa shape index (κ3) is 4.63. The molecule has 2 amide bonds. The number of aromatic amines is 1. The number of nitrogens with one attached hydrogen (secondary N) is 2. The lowest BCUT2D eigenvalue weighted by molar-refractivity contribution is -0.189. The summed E-state index contributed by atoms with van der Waals surface area (Å²) in [4.78, 5) is 43.0.